The molecule has 0 fully saturated rings. The number of aromatic amines is 1. The second-order valence-corrected chi connectivity index (χ2v) is 8.76. The van der Waals surface area contributed by atoms with Crippen LogP contribution in [-0.4, -0.2) is 34.7 Å². The molecular formula is C25H22BrN7O. The number of pyridine rings is 1. The highest BCUT2D eigenvalue weighted by Crippen LogP contribution is 2.28. The van der Waals surface area contributed by atoms with Crippen LogP contribution < -0.4 is 5.69 Å². The average molecular weight is 516 g/mol. The molecule has 9 heteroatoms. The van der Waals surface area contributed by atoms with Crippen LogP contribution >= 0.6 is 15.9 Å². The number of hydrogen-bond acceptors (Lipinski definition) is 5. The molecule has 1 N–H and O–H groups in total. The van der Waals surface area contributed by atoms with Crippen LogP contribution in [0.4, 0.5) is 0 Å². The summed E-state index contributed by atoms with van der Waals surface area (Å²) in [5.41, 5.74) is 5.45. The summed E-state index contributed by atoms with van der Waals surface area (Å²) in [5, 5.41) is 14.1. The largest absolute Gasteiger partial charge is 0.333 e. The molecule has 3 heterocycles. The van der Waals surface area contributed by atoms with Crippen LogP contribution in [0.1, 0.15) is 24.6 Å². The first kappa shape index (κ1) is 22.0. The van der Waals surface area contributed by atoms with Gasteiger partial charge in [-0.1, -0.05) is 55.8 Å². The molecule has 0 aliphatic rings. The minimum atomic E-state index is -0.0493. The van der Waals surface area contributed by atoms with Gasteiger partial charge in [0.1, 0.15) is 5.69 Å². The molecule has 0 radical (unpaired) electrons. The van der Waals surface area contributed by atoms with Gasteiger partial charge in [0.2, 0.25) is 0 Å². The number of H-pyrrole nitrogens is 1. The summed E-state index contributed by atoms with van der Waals surface area (Å²) in [5.74, 6) is 0.517. The summed E-state index contributed by atoms with van der Waals surface area (Å²) in [6, 6.07) is 19.8. The maximum atomic E-state index is 13.4. The number of aryl methyl sites for hydroxylation is 1. The van der Waals surface area contributed by atoms with Gasteiger partial charge in [0.25, 0.3) is 0 Å². The maximum Gasteiger partial charge on any atom is 0.333 e. The zero-order valence-electron chi connectivity index (χ0n) is 18.5. The van der Waals surface area contributed by atoms with Crippen molar-refractivity contribution in [3.8, 4) is 28.3 Å². The number of hydrogen-bond donors (Lipinski definition) is 1. The van der Waals surface area contributed by atoms with Crippen molar-refractivity contribution in [2.75, 3.05) is 0 Å². The number of aromatic nitrogens is 7. The minimum Gasteiger partial charge on any atom is -0.292 e. The standard InChI is InChI=1S/C25H22BrN7O/c1-2-6-19-16-33(22-9-4-3-8-21(22)26)25(34)32(19)15-17-10-12-18(13-11-17)20-7-5-14-27-23(20)24-28-30-31-29-24/h3-5,7-14,16H,2,6,15H2,1H3,(H,28,29,30,31). The second kappa shape index (κ2) is 9.56. The van der Waals surface area contributed by atoms with Gasteiger partial charge in [-0.05, 0) is 62.1 Å². The molecule has 0 saturated carbocycles. The van der Waals surface area contributed by atoms with E-state index in [2.05, 4.69) is 48.5 Å². The highest BCUT2D eigenvalue weighted by molar-refractivity contribution is 9.10. The van der Waals surface area contributed by atoms with Crippen molar-refractivity contribution in [1.82, 2.24) is 34.7 Å². The summed E-state index contributed by atoms with van der Waals surface area (Å²) in [7, 11) is 0. The van der Waals surface area contributed by atoms with Crippen molar-refractivity contribution in [1.29, 1.82) is 0 Å². The smallest absolute Gasteiger partial charge is 0.292 e. The Hall–Kier alpha value is -3.85. The molecule has 0 spiro atoms. The van der Waals surface area contributed by atoms with Crippen LogP contribution in [-0.2, 0) is 13.0 Å². The lowest BCUT2D eigenvalue weighted by Crippen LogP contribution is -2.25. The second-order valence-electron chi connectivity index (χ2n) is 7.91. The fourth-order valence-corrected chi connectivity index (χ4v) is 4.51. The molecular weight excluding hydrogens is 494 g/mol. The number of benzene rings is 2. The summed E-state index contributed by atoms with van der Waals surface area (Å²) in [6.07, 6.45) is 5.45. The zero-order chi connectivity index (χ0) is 23.5. The number of imidazole rings is 1. The van der Waals surface area contributed by atoms with Crippen LogP contribution in [0.25, 0.3) is 28.3 Å². The van der Waals surface area contributed by atoms with Crippen LogP contribution in [0.2, 0.25) is 0 Å². The number of nitrogens with one attached hydrogen (secondary N) is 1. The van der Waals surface area contributed by atoms with Gasteiger partial charge in [0.05, 0.1) is 12.2 Å². The number of para-hydroxylation sites is 1. The Morgan fingerprint density at radius 2 is 1.85 bits per heavy atom. The van der Waals surface area contributed by atoms with Gasteiger partial charge >= 0.3 is 5.69 Å². The third kappa shape index (κ3) is 4.22. The van der Waals surface area contributed by atoms with Crippen molar-refractivity contribution < 1.29 is 0 Å². The lowest BCUT2D eigenvalue weighted by atomic mass is 10.0. The molecule has 8 nitrogen and oxygen atoms in total. The predicted molar refractivity (Wildman–Crippen MR) is 134 cm³/mol. The van der Waals surface area contributed by atoms with E-state index in [1.165, 1.54) is 0 Å². The molecule has 2 aromatic carbocycles. The fraction of sp³-hybridized carbons (Fsp3) is 0.160. The predicted octanol–water partition coefficient (Wildman–Crippen LogP) is 4.64. The van der Waals surface area contributed by atoms with Crippen molar-refractivity contribution in [2.24, 2.45) is 0 Å². The lowest BCUT2D eigenvalue weighted by Gasteiger charge is -2.09. The third-order valence-electron chi connectivity index (χ3n) is 5.66. The Balaban J connectivity index is 1.48. The van der Waals surface area contributed by atoms with Crippen molar-refractivity contribution in [3.63, 3.8) is 0 Å². The Morgan fingerprint density at radius 3 is 2.59 bits per heavy atom. The van der Waals surface area contributed by atoms with E-state index in [9.17, 15) is 4.79 Å². The first-order valence-corrected chi connectivity index (χ1v) is 11.8. The molecule has 170 valence electrons. The van der Waals surface area contributed by atoms with E-state index in [1.807, 2.05) is 71.4 Å². The molecule has 0 bridgehead atoms. The van der Waals surface area contributed by atoms with Gasteiger partial charge < -0.3 is 0 Å². The monoisotopic (exact) mass is 515 g/mol. The van der Waals surface area contributed by atoms with E-state index in [4.69, 9.17) is 0 Å². The molecule has 0 amide bonds. The Bertz CT molecular complexity index is 1470. The number of nitrogens with zero attached hydrogens (tertiary/aromatic N) is 6. The van der Waals surface area contributed by atoms with Gasteiger partial charge in [-0.2, -0.15) is 0 Å². The summed E-state index contributed by atoms with van der Waals surface area (Å²) >= 11 is 3.57. The van der Waals surface area contributed by atoms with E-state index in [0.29, 0.717) is 18.1 Å². The quantitative estimate of drug-likeness (QED) is 0.340. The number of rotatable bonds is 7. The van der Waals surface area contributed by atoms with Crippen LogP contribution in [0.5, 0.6) is 0 Å². The molecule has 3 aromatic heterocycles. The SMILES string of the molecule is CCCc1cn(-c2ccccc2Br)c(=O)n1Cc1ccc(-c2cccnc2-c2nnn[nH]2)cc1. The van der Waals surface area contributed by atoms with E-state index in [1.54, 1.807) is 10.8 Å². The fourth-order valence-electron chi connectivity index (χ4n) is 4.03. The van der Waals surface area contributed by atoms with Crippen molar-refractivity contribution >= 4 is 15.9 Å². The van der Waals surface area contributed by atoms with Gasteiger partial charge in [-0.25, -0.2) is 9.89 Å². The lowest BCUT2D eigenvalue weighted by molar-refractivity contribution is 0.691. The molecule has 0 aliphatic carbocycles. The molecule has 34 heavy (non-hydrogen) atoms. The average Bonchev–Trinajstić information content (AvgIpc) is 3.50. The minimum absolute atomic E-state index is 0.0493. The van der Waals surface area contributed by atoms with Crippen LogP contribution in [0.15, 0.2) is 82.3 Å². The first-order valence-electron chi connectivity index (χ1n) is 11.0. The van der Waals surface area contributed by atoms with Crippen molar-refractivity contribution in [2.45, 2.75) is 26.3 Å². The van der Waals surface area contributed by atoms with E-state index < -0.39 is 0 Å². The topological polar surface area (TPSA) is 94.3 Å². The Kier molecular flexibility index (Phi) is 6.18. The van der Waals surface area contributed by atoms with E-state index in [-0.39, 0.29) is 5.69 Å². The maximum absolute atomic E-state index is 13.4. The van der Waals surface area contributed by atoms with E-state index >= 15 is 0 Å². The molecule has 0 atom stereocenters. The first-order chi connectivity index (χ1) is 16.7. The summed E-state index contributed by atoms with van der Waals surface area (Å²) < 4.78 is 4.46. The highest BCUT2D eigenvalue weighted by Gasteiger charge is 2.15. The molecule has 0 unspecified atom stereocenters. The molecule has 5 rings (SSSR count). The summed E-state index contributed by atoms with van der Waals surface area (Å²) in [6.45, 7) is 2.62. The zero-order valence-corrected chi connectivity index (χ0v) is 20.1. The van der Waals surface area contributed by atoms with Crippen LogP contribution in [0.3, 0.4) is 0 Å². The molecule has 0 aliphatic heterocycles. The normalized spacial score (nSPS) is 11.1. The molecule has 0 saturated heterocycles. The van der Waals surface area contributed by atoms with Gasteiger partial charge in [0.15, 0.2) is 5.82 Å². The third-order valence-corrected chi connectivity index (χ3v) is 6.33. The Labute approximate surface area is 204 Å². The summed E-state index contributed by atoms with van der Waals surface area (Å²) in [4.78, 5) is 17.8. The van der Waals surface area contributed by atoms with Crippen molar-refractivity contribution in [3.05, 3.63) is 99.3 Å². The number of halogens is 1. The Morgan fingerprint density at radius 1 is 1.03 bits per heavy atom. The van der Waals surface area contributed by atoms with Crippen LogP contribution in [0, 0.1) is 0 Å². The van der Waals surface area contributed by atoms with Gasteiger partial charge in [0, 0.05) is 28.1 Å². The van der Waals surface area contributed by atoms with E-state index in [0.717, 1.165) is 45.4 Å². The molecule has 5 aromatic rings. The van der Waals surface area contributed by atoms with Gasteiger partial charge in [-0.3, -0.25) is 14.1 Å². The van der Waals surface area contributed by atoms with Gasteiger partial charge in [-0.15, -0.1) is 5.10 Å². The number of tetrazole rings is 1. The highest BCUT2D eigenvalue weighted by atomic mass is 79.9.